The van der Waals surface area contributed by atoms with Crippen LogP contribution in [0, 0.1) is 5.82 Å². The molecule has 0 aromatic heterocycles. The average Bonchev–Trinajstić information content (AvgIpc) is 2.47. The van der Waals surface area contributed by atoms with Crippen LogP contribution >= 0.6 is 15.9 Å². The summed E-state index contributed by atoms with van der Waals surface area (Å²) >= 11 is 3.25. The Morgan fingerprint density at radius 2 is 1.75 bits per heavy atom. The molecule has 2 nitrogen and oxygen atoms in total. The lowest BCUT2D eigenvalue weighted by molar-refractivity contribution is 0.0613. The molecular formula is C16H26BrFN2. The maximum absolute atomic E-state index is 14.4. The van der Waals surface area contributed by atoms with Crippen LogP contribution in [0.1, 0.15) is 52.1 Å². The van der Waals surface area contributed by atoms with Crippen LogP contribution in [0.4, 0.5) is 4.39 Å². The number of nitrogens with two attached hydrogens (primary N) is 1. The van der Waals surface area contributed by atoms with Gasteiger partial charge < -0.3 is 5.73 Å². The third-order valence-electron chi connectivity index (χ3n) is 4.51. The number of likely N-dealkylation sites (N-methyl/N-ethyl adjacent to an activating group) is 1. The summed E-state index contributed by atoms with van der Waals surface area (Å²) in [4.78, 5) is 2.36. The molecule has 0 aliphatic heterocycles. The molecule has 1 atom stereocenters. The van der Waals surface area contributed by atoms with Crippen LogP contribution in [0.15, 0.2) is 22.7 Å². The van der Waals surface area contributed by atoms with Crippen LogP contribution in [-0.2, 0) is 0 Å². The maximum Gasteiger partial charge on any atom is 0.142 e. The zero-order valence-corrected chi connectivity index (χ0v) is 14.5. The number of hydrogen-bond donors (Lipinski definition) is 1. The van der Waals surface area contributed by atoms with Crippen LogP contribution in [0.5, 0.6) is 0 Å². The molecule has 114 valence electrons. The van der Waals surface area contributed by atoms with Gasteiger partial charge in [0.2, 0.25) is 0 Å². The zero-order chi connectivity index (χ0) is 15.3. The SMILES string of the molecule is CCN(CC)C(CC)(CC)C(N)c1cccc(Br)c1F. The molecule has 1 unspecified atom stereocenters. The molecule has 4 heteroatoms. The first kappa shape index (κ1) is 17.6. The van der Waals surface area contributed by atoms with Gasteiger partial charge in [-0.25, -0.2) is 4.39 Å². The van der Waals surface area contributed by atoms with E-state index in [2.05, 4.69) is 48.5 Å². The van der Waals surface area contributed by atoms with Crippen LogP contribution in [0.25, 0.3) is 0 Å². The minimum absolute atomic E-state index is 0.203. The average molecular weight is 345 g/mol. The molecule has 0 bridgehead atoms. The summed E-state index contributed by atoms with van der Waals surface area (Å²) in [5.41, 5.74) is 6.90. The molecule has 1 rings (SSSR count). The Morgan fingerprint density at radius 3 is 2.20 bits per heavy atom. The van der Waals surface area contributed by atoms with E-state index in [1.807, 2.05) is 6.07 Å². The van der Waals surface area contributed by atoms with Gasteiger partial charge in [0.05, 0.1) is 10.5 Å². The Hall–Kier alpha value is -0.450. The predicted octanol–water partition coefficient (Wildman–Crippen LogP) is 4.49. The van der Waals surface area contributed by atoms with Gasteiger partial charge in [-0.15, -0.1) is 0 Å². The van der Waals surface area contributed by atoms with E-state index in [1.54, 1.807) is 12.1 Å². The Balaban J connectivity index is 3.30. The van der Waals surface area contributed by atoms with Crippen molar-refractivity contribution in [2.24, 2.45) is 5.73 Å². The molecule has 0 spiro atoms. The van der Waals surface area contributed by atoms with E-state index < -0.39 is 0 Å². The second kappa shape index (κ2) is 7.53. The van der Waals surface area contributed by atoms with Gasteiger partial charge >= 0.3 is 0 Å². The normalized spacial score (nSPS) is 13.8. The smallest absolute Gasteiger partial charge is 0.142 e. The van der Waals surface area contributed by atoms with E-state index >= 15 is 0 Å². The number of halogens is 2. The maximum atomic E-state index is 14.4. The number of hydrogen-bond acceptors (Lipinski definition) is 2. The molecule has 0 aliphatic rings. The lowest BCUT2D eigenvalue weighted by Crippen LogP contribution is -2.55. The van der Waals surface area contributed by atoms with Gasteiger partial charge in [-0.05, 0) is 47.9 Å². The first-order chi connectivity index (χ1) is 9.48. The molecule has 1 aromatic carbocycles. The summed E-state index contributed by atoms with van der Waals surface area (Å²) in [6.07, 6.45) is 1.80. The minimum Gasteiger partial charge on any atom is -0.322 e. The lowest BCUT2D eigenvalue weighted by Gasteiger charge is -2.46. The highest BCUT2D eigenvalue weighted by molar-refractivity contribution is 9.10. The molecule has 2 N–H and O–H groups in total. The van der Waals surface area contributed by atoms with Gasteiger partial charge in [0.15, 0.2) is 0 Å². The van der Waals surface area contributed by atoms with Gasteiger partial charge in [-0.2, -0.15) is 0 Å². The predicted molar refractivity (Wildman–Crippen MR) is 87.3 cm³/mol. The fourth-order valence-electron chi connectivity index (χ4n) is 3.24. The summed E-state index contributed by atoms with van der Waals surface area (Å²) < 4.78 is 14.9. The molecule has 0 radical (unpaired) electrons. The third kappa shape index (κ3) is 3.07. The third-order valence-corrected chi connectivity index (χ3v) is 5.13. The van der Waals surface area contributed by atoms with Crippen LogP contribution in [-0.4, -0.2) is 23.5 Å². The van der Waals surface area contributed by atoms with Crippen LogP contribution in [0.3, 0.4) is 0 Å². The van der Waals surface area contributed by atoms with Crippen molar-refractivity contribution in [2.75, 3.05) is 13.1 Å². The van der Waals surface area contributed by atoms with E-state index in [-0.39, 0.29) is 17.4 Å². The largest absolute Gasteiger partial charge is 0.322 e. The zero-order valence-electron chi connectivity index (χ0n) is 12.9. The Morgan fingerprint density at radius 1 is 1.20 bits per heavy atom. The summed E-state index contributed by atoms with van der Waals surface area (Å²) in [7, 11) is 0. The first-order valence-electron chi connectivity index (χ1n) is 7.42. The van der Waals surface area contributed by atoms with Crippen molar-refractivity contribution in [3.8, 4) is 0 Å². The monoisotopic (exact) mass is 344 g/mol. The molecule has 0 aliphatic carbocycles. The Bertz CT molecular complexity index is 428. The second-order valence-corrected chi connectivity index (χ2v) is 5.96. The molecular weight excluding hydrogens is 319 g/mol. The molecule has 20 heavy (non-hydrogen) atoms. The molecule has 0 saturated carbocycles. The van der Waals surface area contributed by atoms with Crippen molar-refractivity contribution in [3.05, 3.63) is 34.1 Å². The van der Waals surface area contributed by atoms with E-state index in [1.165, 1.54) is 0 Å². The fourth-order valence-corrected chi connectivity index (χ4v) is 3.62. The van der Waals surface area contributed by atoms with Gasteiger partial charge in [0.25, 0.3) is 0 Å². The quantitative estimate of drug-likeness (QED) is 0.789. The fraction of sp³-hybridized carbons (Fsp3) is 0.625. The molecule has 0 fully saturated rings. The first-order valence-corrected chi connectivity index (χ1v) is 8.22. The Labute approximate surface area is 130 Å². The van der Waals surface area contributed by atoms with E-state index in [0.717, 1.165) is 25.9 Å². The standard InChI is InChI=1S/C16H26BrFN2/c1-5-16(6-2,20(7-3)8-4)15(19)12-10-9-11-13(17)14(12)18/h9-11,15H,5-8,19H2,1-4H3. The number of nitrogens with zero attached hydrogens (tertiary/aromatic N) is 1. The topological polar surface area (TPSA) is 29.3 Å². The van der Waals surface area contributed by atoms with E-state index in [9.17, 15) is 4.39 Å². The summed E-state index contributed by atoms with van der Waals surface area (Å²) in [6.45, 7) is 10.4. The van der Waals surface area contributed by atoms with Crippen molar-refractivity contribution in [1.29, 1.82) is 0 Å². The van der Waals surface area contributed by atoms with Crippen molar-refractivity contribution in [1.82, 2.24) is 4.90 Å². The van der Waals surface area contributed by atoms with Gasteiger partial charge in [-0.1, -0.05) is 39.8 Å². The lowest BCUT2D eigenvalue weighted by atomic mass is 9.79. The van der Waals surface area contributed by atoms with Crippen molar-refractivity contribution in [3.63, 3.8) is 0 Å². The number of rotatable bonds is 7. The molecule has 0 heterocycles. The summed E-state index contributed by atoms with van der Waals surface area (Å²) in [5, 5.41) is 0. The second-order valence-electron chi connectivity index (χ2n) is 5.10. The van der Waals surface area contributed by atoms with Gasteiger partial charge in [0.1, 0.15) is 5.82 Å². The highest BCUT2D eigenvalue weighted by atomic mass is 79.9. The van der Waals surface area contributed by atoms with E-state index in [0.29, 0.717) is 10.0 Å². The van der Waals surface area contributed by atoms with Crippen molar-refractivity contribution >= 4 is 15.9 Å². The minimum atomic E-state index is -0.338. The van der Waals surface area contributed by atoms with Crippen LogP contribution < -0.4 is 5.73 Å². The van der Waals surface area contributed by atoms with Crippen LogP contribution in [0.2, 0.25) is 0 Å². The van der Waals surface area contributed by atoms with E-state index in [4.69, 9.17) is 5.73 Å². The number of benzene rings is 1. The molecule has 0 amide bonds. The highest BCUT2D eigenvalue weighted by Crippen LogP contribution is 2.37. The Kier molecular flexibility index (Phi) is 6.62. The highest BCUT2D eigenvalue weighted by Gasteiger charge is 2.39. The van der Waals surface area contributed by atoms with Crippen molar-refractivity contribution < 1.29 is 4.39 Å². The summed E-state index contributed by atoms with van der Waals surface area (Å²) in [5.74, 6) is -0.238. The van der Waals surface area contributed by atoms with Crippen molar-refractivity contribution in [2.45, 2.75) is 52.1 Å². The van der Waals surface area contributed by atoms with Gasteiger partial charge in [0, 0.05) is 11.1 Å². The molecule has 0 saturated heterocycles. The molecule has 1 aromatic rings. The van der Waals surface area contributed by atoms with Gasteiger partial charge in [-0.3, -0.25) is 4.90 Å². The summed E-state index contributed by atoms with van der Waals surface area (Å²) in [6, 6.07) is 5.02.